The fourth-order valence-corrected chi connectivity index (χ4v) is 17.9. The number of hydrogen-bond acceptors (Lipinski definition) is 4. The van der Waals surface area contributed by atoms with Crippen LogP contribution in [-0.2, 0) is 0 Å². The highest BCUT2D eigenvalue weighted by Crippen LogP contribution is 2.35. The molecule has 0 N–H and O–H groups in total. The van der Waals surface area contributed by atoms with Crippen LogP contribution in [0.5, 0.6) is 0 Å². The second kappa shape index (κ2) is 12.7. The molecule has 264 valence electrons. The molecule has 9 aromatic rings. The van der Waals surface area contributed by atoms with E-state index in [4.69, 9.17) is 19.4 Å². The molecular formula is C49H39N3OSi2. The van der Waals surface area contributed by atoms with Gasteiger partial charge in [-0.05, 0) is 46.5 Å². The maximum atomic E-state index is 6.64. The number of rotatable bonds is 5. The van der Waals surface area contributed by atoms with Crippen molar-refractivity contribution in [2.45, 2.75) is 26.2 Å². The van der Waals surface area contributed by atoms with Crippen LogP contribution in [0.25, 0.3) is 78.4 Å². The SMILES string of the molecule is C[Si]1(C)c2ccccc2[Si](C)(C)c2cc(-c3ccc4c(c3)oc3cc(-c5nc(-c6ccccc6)nc(-c6ccc(-c7ccccc7)cc6)n5)ccc34)ccc21. The normalized spacial score (nSPS) is 14.1. The van der Waals surface area contributed by atoms with Crippen LogP contribution in [0.1, 0.15) is 0 Å². The molecule has 0 bridgehead atoms. The molecule has 0 spiro atoms. The van der Waals surface area contributed by atoms with Crippen LogP contribution in [0, 0.1) is 0 Å². The summed E-state index contributed by atoms with van der Waals surface area (Å²) in [6, 6.07) is 58.3. The number of benzene rings is 7. The third-order valence-electron chi connectivity index (χ3n) is 11.6. The average Bonchev–Trinajstić information content (AvgIpc) is 3.61. The number of hydrogen-bond donors (Lipinski definition) is 0. The van der Waals surface area contributed by atoms with Crippen molar-refractivity contribution in [3.63, 3.8) is 0 Å². The van der Waals surface area contributed by atoms with Crippen LogP contribution in [0.15, 0.2) is 168 Å². The van der Waals surface area contributed by atoms with Crippen LogP contribution < -0.4 is 20.7 Å². The lowest BCUT2D eigenvalue weighted by Crippen LogP contribution is -2.77. The van der Waals surface area contributed by atoms with Gasteiger partial charge in [0.1, 0.15) is 27.3 Å². The molecule has 0 aliphatic carbocycles. The van der Waals surface area contributed by atoms with Crippen molar-refractivity contribution >= 4 is 58.8 Å². The van der Waals surface area contributed by atoms with Gasteiger partial charge in [0.05, 0.1) is 0 Å². The standard InChI is InChI=1S/C49H39N3OSi2/c1-54(2)43-17-11-12-18-44(43)55(3,4)46-31-37(25-28-45(46)54)36-23-26-39-40-27-24-38(30-42(40)53-41(39)29-36)49-51-47(34-15-9-6-10-16-34)50-48(52-49)35-21-19-33(20-22-35)32-13-7-5-8-14-32/h5-31H,1-4H3. The van der Waals surface area contributed by atoms with E-state index in [1.165, 1.54) is 16.7 Å². The molecule has 10 rings (SSSR count). The van der Waals surface area contributed by atoms with Crippen LogP contribution >= 0.6 is 0 Å². The third-order valence-corrected chi connectivity index (χ3v) is 19.2. The highest BCUT2D eigenvalue weighted by atomic mass is 28.3. The zero-order chi connectivity index (χ0) is 37.3. The first-order valence-electron chi connectivity index (χ1n) is 18.9. The second-order valence-corrected chi connectivity index (χ2v) is 24.4. The lowest BCUT2D eigenvalue weighted by Gasteiger charge is -2.42. The summed E-state index contributed by atoms with van der Waals surface area (Å²) in [6.45, 7) is 10.0. The maximum Gasteiger partial charge on any atom is 0.164 e. The van der Waals surface area contributed by atoms with Crippen LogP contribution in [0.3, 0.4) is 0 Å². The summed E-state index contributed by atoms with van der Waals surface area (Å²) >= 11 is 0. The van der Waals surface area contributed by atoms with Crippen molar-refractivity contribution in [3.05, 3.63) is 164 Å². The van der Waals surface area contributed by atoms with E-state index in [2.05, 4.69) is 154 Å². The van der Waals surface area contributed by atoms with Crippen LogP contribution in [-0.4, -0.2) is 31.1 Å². The summed E-state index contributed by atoms with van der Waals surface area (Å²) in [5.41, 5.74) is 9.17. The summed E-state index contributed by atoms with van der Waals surface area (Å²) in [7, 11) is -3.68. The Morgan fingerprint density at radius 3 is 1.33 bits per heavy atom. The van der Waals surface area contributed by atoms with Crippen molar-refractivity contribution in [3.8, 4) is 56.4 Å². The Bertz CT molecular complexity index is 2920. The lowest BCUT2D eigenvalue weighted by atomic mass is 10.0. The van der Waals surface area contributed by atoms with Gasteiger partial charge in [-0.15, -0.1) is 0 Å². The molecule has 6 heteroatoms. The van der Waals surface area contributed by atoms with E-state index in [0.717, 1.165) is 44.2 Å². The summed E-state index contributed by atoms with van der Waals surface area (Å²) < 4.78 is 6.64. The summed E-state index contributed by atoms with van der Waals surface area (Å²) in [5.74, 6) is 1.87. The molecule has 0 saturated heterocycles. The smallest absolute Gasteiger partial charge is 0.164 e. The molecule has 0 atom stereocenters. The molecule has 7 aromatic carbocycles. The molecule has 0 saturated carbocycles. The second-order valence-electron chi connectivity index (χ2n) is 15.7. The first kappa shape index (κ1) is 33.4. The van der Waals surface area contributed by atoms with Gasteiger partial charge in [-0.2, -0.15) is 0 Å². The topological polar surface area (TPSA) is 51.8 Å². The Hall–Kier alpha value is -6.22. The molecule has 0 fully saturated rings. The first-order chi connectivity index (χ1) is 26.7. The first-order valence-corrected chi connectivity index (χ1v) is 24.9. The number of aromatic nitrogens is 3. The molecule has 1 aliphatic rings. The van der Waals surface area contributed by atoms with Crippen molar-refractivity contribution in [2.75, 3.05) is 0 Å². The van der Waals surface area contributed by atoms with E-state index >= 15 is 0 Å². The van der Waals surface area contributed by atoms with Crippen molar-refractivity contribution in [1.82, 2.24) is 15.0 Å². The third kappa shape index (κ3) is 5.60. The quantitative estimate of drug-likeness (QED) is 0.165. The minimum atomic E-state index is -1.88. The summed E-state index contributed by atoms with van der Waals surface area (Å²) in [4.78, 5) is 15.0. The molecule has 1 aliphatic heterocycles. The Labute approximate surface area is 323 Å². The fraction of sp³-hybridized carbons (Fsp3) is 0.0816. The van der Waals surface area contributed by atoms with E-state index in [-0.39, 0.29) is 0 Å². The molecule has 4 nitrogen and oxygen atoms in total. The summed E-state index contributed by atoms with van der Waals surface area (Å²) in [5, 5.41) is 8.54. The molecule has 2 aromatic heterocycles. The van der Waals surface area contributed by atoms with Crippen LogP contribution in [0.4, 0.5) is 0 Å². The minimum absolute atomic E-state index is 0.605. The van der Waals surface area contributed by atoms with Gasteiger partial charge in [0.2, 0.25) is 0 Å². The predicted molar refractivity (Wildman–Crippen MR) is 234 cm³/mol. The van der Waals surface area contributed by atoms with E-state index < -0.39 is 16.1 Å². The Balaban J connectivity index is 1.03. The highest BCUT2D eigenvalue weighted by molar-refractivity contribution is 7.16. The van der Waals surface area contributed by atoms with E-state index in [1.54, 1.807) is 20.7 Å². The van der Waals surface area contributed by atoms with Gasteiger partial charge >= 0.3 is 0 Å². The van der Waals surface area contributed by atoms with Crippen molar-refractivity contribution in [1.29, 1.82) is 0 Å². The van der Waals surface area contributed by atoms with E-state index in [9.17, 15) is 0 Å². The van der Waals surface area contributed by atoms with Gasteiger partial charge in [0, 0.05) is 27.5 Å². The lowest BCUT2D eigenvalue weighted by molar-refractivity contribution is 0.669. The minimum Gasteiger partial charge on any atom is -0.456 e. The van der Waals surface area contributed by atoms with Gasteiger partial charge in [-0.3, -0.25) is 0 Å². The zero-order valence-electron chi connectivity index (χ0n) is 31.3. The Morgan fingerprint density at radius 1 is 0.327 bits per heavy atom. The number of nitrogens with zero attached hydrogens (tertiary/aromatic N) is 3. The number of fused-ring (bicyclic) bond motifs is 5. The van der Waals surface area contributed by atoms with Crippen LogP contribution in [0.2, 0.25) is 26.2 Å². The largest absolute Gasteiger partial charge is 0.456 e. The average molecular weight is 742 g/mol. The molecule has 55 heavy (non-hydrogen) atoms. The molecule has 0 unspecified atom stereocenters. The van der Waals surface area contributed by atoms with Crippen molar-refractivity contribution < 1.29 is 4.42 Å². The van der Waals surface area contributed by atoms with Gasteiger partial charge in [0.15, 0.2) is 17.5 Å². The van der Waals surface area contributed by atoms with Gasteiger partial charge in [-0.1, -0.05) is 186 Å². The molecular weight excluding hydrogens is 703 g/mol. The van der Waals surface area contributed by atoms with E-state index in [0.29, 0.717) is 17.5 Å². The van der Waals surface area contributed by atoms with Gasteiger partial charge in [0.25, 0.3) is 0 Å². The predicted octanol–water partition coefficient (Wildman–Crippen LogP) is 10.1. The Kier molecular flexibility index (Phi) is 7.70. The number of furan rings is 1. The van der Waals surface area contributed by atoms with Gasteiger partial charge < -0.3 is 4.42 Å². The van der Waals surface area contributed by atoms with E-state index in [1.807, 2.05) is 36.4 Å². The maximum absolute atomic E-state index is 6.64. The molecule has 3 heterocycles. The Morgan fingerprint density at radius 2 is 0.709 bits per heavy atom. The fourth-order valence-electron chi connectivity index (χ4n) is 8.54. The van der Waals surface area contributed by atoms with Gasteiger partial charge in [-0.25, -0.2) is 15.0 Å². The molecule has 0 radical (unpaired) electrons. The monoisotopic (exact) mass is 741 g/mol. The zero-order valence-corrected chi connectivity index (χ0v) is 33.3. The molecule has 0 amide bonds. The van der Waals surface area contributed by atoms with Crippen molar-refractivity contribution in [2.24, 2.45) is 0 Å². The highest BCUT2D eigenvalue weighted by Gasteiger charge is 2.43. The summed E-state index contributed by atoms with van der Waals surface area (Å²) in [6.07, 6.45) is 0.